The summed E-state index contributed by atoms with van der Waals surface area (Å²) in [5, 5.41) is 10.9. The van der Waals surface area contributed by atoms with Gasteiger partial charge in [-0.2, -0.15) is 0 Å². The zero-order valence-electron chi connectivity index (χ0n) is 15.2. The number of benzene rings is 2. The van der Waals surface area contributed by atoms with Gasteiger partial charge in [0.2, 0.25) is 0 Å². The molecule has 0 bridgehead atoms. The lowest BCUT2D eigenvalue weighted by atomic mass is 9.97. The number of nitrogens with zero attached hydrogens (tertiary/aromatic N) is 1. The van der Waals surface area contributed by atoms with Crippen LogP contribution in [0.25, 0.3) is 0 Å². The van der Waals surface area contributed by atoms with Gasteiger partial charge in [0.05, 0.1) is 4.92 Å². The molecule has 2 rings (SSSR count). The minimum Gasteiger partial charge on any atom is -0.475 e. The van der Waals surface area contributed by atoms with Gasteiger partial charge in [-0.1, -0.05) is 50.2 Å². The molecule has 1 atom stereocenters. The van der Waals surface area contributed by atoms with Crippen LogP contribution in [0.3, 0.4) is 0 Å². The molecule has 2 aromatic carbocycles. The van der Waals surface area contributed by atoms with Crippen molar-refractivity contribution in [2.24, 2.45) is 0 Å². The second kappa shape index (κ2) is 9.47. The van der Waals surface area contributed by atoms with Gasteiger partial charge in [0.1, 0.15) is 0 Å². The van der Waals surface area contributed by atoms with Crippen molar-refractivity contribution >= 4 is 17.4 Å². The average Bonchev–Trinajstić information content (AvgIpc) is 2.70. The Morgan fingerprint density at radius 1 is 1.07 bits per heavy atom. The van der Waals surface area contributed by atoms with Crippen LogP contribution in [0, 0.1) is 10.1 Å². The molecule has 0 unspecified atom stereocenters. The smallest absolute Gasteiger partial charge is 0.344 e. The SMILES string of the molecule is CC[C@@H](C)c1ccc(C(=O)COC(=O)COc2ccccc2[N+](=O)[O-])cc1. The zero-order chi connectivity index (χ0) is 19.8. The summed E-state index contributed by atoms with van der Waals surface area (Å²) in [6.07, 6.45) is 1.00. The summed E-state index contributed by atoms with van der Waals surface area (Å²) < 4.78 is 10.0. The van der Waals surface area contributed by atoms with Crippen molar-refractivity contribution in [3.05, 3.63) is 69.8 Å². The summed E-state index contributed by atoms with van der Waals surface area (Å²) in [7, 11) is 0. The summed E-state index contributed by atoms with van der Waals surface area (Å²) in [6.45, 7) is 3.26. The first-order valence-electron chi connectivity index (χ1n) is 8.57. The number of carbonyl (C=O) groups excluding carboxylic acids is 2. The van der Waals surface area contributed by atoms with Gasteiger partial charge in [-0.3, -0.25) is 14.9 Å². The molecule has 7 heteroatoms. The van der Waals surface area contributed by atoms with Crippen LogP contribution in [0.15, 0.2) is 48.5 Å². The lowest BCUT2D eigenvalue weighted by Gasteiger charge is -2.10. The van der Waals surface area contributed by atoms with Crippen molar-refractivity contribution < 1.29 is 24.0 Å². The maximum absolute atomic E-state index is 12.1. The number of esters is 1. The first kappa shape index (κ1) is 20.1. The van der Waals surface area contributed by atoms with E-state index < -0.39 is 24.1 Å². The molecule has 2 aromatic rings. The molecule has 7 nitrogen and oxygen atoms in total. The highest BCUT2D eigenvalue weighted by Gasteiger charge is 2.16. The van der Waals surface area contributed by atoms with Crippen LogP contribution in [-0.2, 0) is 9.53 Å². The van der Waals surface area contributed by atoms with Crippen molar-refractivity contribution in [1.82, 2.24) is 0 Å². The van der Waals surface area contributed by atoms with Gasteiger partial charge in [-0.15, -0.1) is 0 Å². The van der Waals surface area contributed by atoms with Crippen LogP contribution in [0.5, 0.6) is 5.75 Å². The third-order valence-electron chi connectivity index (χ3n) is 4.19. The minimum atomic E-state index is -0.780. The highest BCUT2D eigenvalue weighted by atomic mass is 16.6. The summed E-state index contributed by atoms with van der Waals surface area (Å²) in [6, 6.07) is 12.9. The lowest BCUT2D eigenvalue weighted by molar-refractivity contribution is -0.385. The Hall–Kier alpha value is -3.22. The van der Waals surface area contributed by atoms with Crippen LogP contribution < -0.4 is 4.74 Å². The van der Waals surface area contributed by atoms with E-state index in [0.717, 1.165) is 12.0 Å². The van der Waals surface area contributed by atoms with Gasteiger partial charge in [-0.05, 0) is 24.0 Å². The standard InChI is InChI=1S/C20H21NO6/c1-3-14(2)15-8-10-16(11-9-15)18(22)12-27-20(23)13-26-19-7-5-4-6-17(19)21(24)25/h4-11,14H,3,12-13H2,1-2H3/t14-/m1/s1. The van der Waals surface area contributed by atoms with E-state index in [1.54, 1.807) is 18.2 Å². The van der Waals surface area contributed by atoms with Crippen LogP contribution in [0.1, 0.15) is 42.1 Å². The molecule has 0 aromatic heterocycles. The average molecular weight is 371 g/mol. The molecule has 0 radical (unpaired) electrons. The quantitative estimate of drug-likeness (QED) is 0.287. The third kappa shape index (κ3) is 5.64. The Morgan fingerprint density at radius 2 is 1.74 bits per heavy atom. The molecule has 0 saturated heterocycles. The number of ether oxygens (including phenoxy) is 2. The van der Waals surface area contributed by atoms with E-state index in [-0.39, 0.29) is 17.2 Å². The number of hydrogen-bond acceptors (Lipinski definition) is 6. The Labute approximate surface area is 157 Å². The number of nitro benzene ring substituents is 1. The van der Waals surface area contributed by atoms with Crippen LogP contribution >= 0.6 is 0 Å². The number of nitro groups is 1. The fourth-order valence-corrected chi connectivity index (χ4v) is 2.37. The fourth-order valence-electron chi connectivity index (χ4n) is 2.37. The molecule has 0 fully saturated rings. The maximum atomic E-state index is 12.1. The fraction of sp³-hybridized carbons (Fsp3) is 0.300. The molecular weight excluding hydrogens is 350 g/mol. The molecule has 0 aliphatic carbocycles. The monoisotopic (exact) mass is 371 g/mol. The molecule has 0 heterocycles. The number of Topliss-reactive ketones (excluding diaryl/α,β-unsaturated/α-hetero) is 1. The van der Waals surface area contributed by atoms with Gasteiger partial charge in [0.15, 0.2) is 24.7 Å². The predicted octanol–water partition coefficient (Wildman–Crippen LogP) is 3.91. The van der Waals surface area contributed by atoms with Gasteiger partial charge in [0.25, 0.3) is 0 Å². The third-order valence-corrected chi connectivity index (χ3v) is 4.19. The van der Waals surface area contributed by atoms with E-state index in [1.807, 2.05) is 12.1 Å². The van der Waals surface area contributed by atoms with E-state index in [1.165, 1.54) is 18.2 Å². The van der Waals surface area contributed by atoms with Crippen LogP contribution in [0.2, 0.25) is 0 Å². The first-order valence-corrected chi connectivity index (χ1v) is 8.57. The zero-order valence-corrected chi connectivity index (χ0v) is 15.2. The van der Waals surface area contributed by atoms with E-state index in [2.05, 4.69) is 13.8 Å². The largest absolute Gasteiger partial charge is 0.475 e. The Morgan fingerprint density at radius 3 is 2.37 bits per heavy atom. The predicted molar refractivity (Wildman–Crippen MR) is 99.0 cm³/mol. The van der Waals surface area contributed by atoms with Crippen molar-refractivity contribution in [1.29, 1.82) is 0 Å². The van der Waals surface area contributed by atoms with E-state index >= 15 is 0 Å². The number of para-hydroxylation sites is 2. The van der Waals surface area contributed by atoms with Crippen molar-refractivity contribution in [2.75, 3.05) is 13.2 Å². The Balaban J connectivity index is 1.85. The lowest BCUT2D eigenvalue weighted by Crippen LogP contribution is -2.19. The Kier molecular flexibility index (Phi) is 7.05. The van der Waals surface area contributed by atoms with Gasteiger partial charge in [0, 0.05) is 11.6 Å². The first-order chi connectivity index (χ1) is 12.9. The minimum absolute atomic E-state index is 0.0357. The summed E-state index contributed by atoms with van der Waals surface area (Å²) in [5.41, 5.74) is 1.35. The van der Waals surface area contributed by atoms with Crippen molar-refractivity contribution in [2.45, 2.75) is 26.2 Å². The molecule has 0 aliphatic heterocycles. The van der Waals surface area contributed by atoms with Gasteiger partial charge in [-0.25, -0.2) is 4.79 Å². The molecule has 0 amide bonds. The number of rotatable bonds is 9. The summed E-state index contributed by atoms with van der Waals surface area (Å²) in [4.78, 5) is 34.1. The molecule has 0 spiro atoms. The maximum Gasteiger partial charge on any atom is 0.344 e. The summed E-state index contributed by atoms with van der Waals surface area (Å²) in [5.74, 6) is -0.736. The molecule has 0 N–H and O–H groups in total. The highest BCUT2D eigenvalue weighted by molar-refractivity contribution is 5.98. The molecule has 0 saturated carbocycles. The topological polar surface area (TPSA) is 95.7 Å². The van der Waals surface area contributed by atoms with Crippen LogP contribution in [0.4, 0.5) is 5.69 Å². The van der Waals surface area contributed by atoms with E-state index in [0.29, 0.717) is 11.5 Å². The number of carbonyl (C=O) groups is 2. The molecular formula is C20H21NO6. The van der Waals surface area contributed by atoms with Crippen molar-refractivity contribution in [3.8, 4) is 5.75 Å². The second-order valence-electron chi connectivity index (χ2n) is 6.03. The van der Waals surface area contributed by atoms with Crippen molar-refractivity contribution in [3.63, 3.8) is 0 Å². The van der Waals surface area contributed by atoms with E-state index in [4.69, 9.17) is 9.47 Å². The molecule has 142 valence electrons. The van der Waals surface area contributed by atoms with Gasteiger partial charge >= 0.3 is 11.7 Å². The second-order valence-corrected chi connectivity index (χ2v) is 6.03. The number of hydrogen-bond donors (Lipinski definition) is 0. The highest BCUT2D eigenvalue weighted by Crippen LogP contribution is 2.25. The molecule has 27 heavy (non-hydrogen) atoms. The summed E-state index contributed by atoms with van der Waals surface area (Å²) >= 11 is 0. The Bertz CT molecular complexity index is 815. The van der Waals surface area contributed by atoms with E-state index in [9.17, 15) is 19.7 Å². The normalized spacial score (nSPS) is 11.5. The molecule has 0 aliphatic rings. The number of ketones is 1. The van der Waals surface area contributed by atoms with Gasteiger partial charge < -0.3 is 9.47 Å². The van der Waals surface area contributed by atoms with Crippen LogP contribution in [-0.4, -0.2) is 29.9 Å².